The highest BCUT2D eigenvalue weighted by Crippen LogP contribution is 2.26. The lowest BCUT2D eigenvalue weighted by atomic mass is 10.1. The van der Waals surface area contributed by atoms with Gasteiger partial charge < -0.3 is 9.52 Å². The number of nitrogens with zero attached hydrogens (tertiary/aromatic N) is 2. The molecule has 0 radical (unpaired) electrons. The largest absolute Gasteiger partial charge is 0.438 e. The number of fused-ring (bicyclic) bond motifs is 2. The molecular formula is C13H12N2O2. The van der Waals surface area contributed by atoms with Crippen molar-refractivity contribution in [3.8, 4) is 0 Å². The summed E-state index contributed by atoms with van der Waals surface area (Å²) in [5.74, 6) is 0.475. The van der Waals surface area contributed by atoms with Gasteiger partial charge in [-0.2, -0.15) is 0 Å². The molecular weight excluding hydrogens is 216 g/mol. The van der Waals surface area contributed by atoms with Crippen LogP contribution in [0.25, 0.3) is 22.3 Å². The molecule has 0 unspecified atom stereocenters. The lowest BCUT2D eigenvalue weighted by molar-refractivity contribution is 0.0557. The molecule has 0 bridgehead atoms. The van der Waals surface area contributed by atoms with Gasteiger partial charge in [-0.1, -0.05) is 12.1 Å². The highest BCUT2D eigenvalue weighted by atomic mass is 16.4. The zero-order chi connectivity index (χ0) is 12.0. The first-order chi connectivity index (χ1) is 8.04. The van der Waals surface area contributed by atoms with Crippen molar-refractivity contribution in [1.82, 2.24) is 9.97 Å². The fourth-order valence-electron chi connectivity index (χ4n) is 1.73. The van der Waals surface area contributed by atoms with Crippen LogP contribution in [0.4, 0.5) is 0 Å². The minimum absolute atomic E-state index is 0.459. The van der Waals surface area contributed by atoms with Crippen LogP contribution in [0.15, 0.2) is 34.7 Å². The van der Waals surface area contributed by atoms with Gasteiger partial charge in [-0.3, -0.25) is 0 Å². The molecule has 86 valence electrons. The summed E-state index contributed by atoms with van der Waals surface area (Å²) < 4.78 is 5.52. The van der Waals surface area contributed by atoms with Crippen LogP contribution in [0.3, 0.4) is 0 Å². The Morgan fingerprint density at radius 1 is 1.06 bits per heavy atom. The van der Waals surface area contributed by atoms with Gasteiger partial charge >= 0.3 is 0 Å². The first-order valence-corrected chi connectivity index (χ1v) is 5.43. The molecule has 1 aromatic carbocycles. The Morgan fingerprint density at radius 3 is 2.35 bits per heavy atom. The molecule has 4 heteroatoms. The summed E-state index contributed by atoms with van der Waals surface area (Å²) in [6.07, 6.45) is 0. The molecule has 17 heavy (non-hydrogen) atoms. The third kappa shape index (κ3) is 1.66. The van der Waals surface area contributed by atoms with Crippen LogP contribution in [-0.2, 0) is 5.60 Å². The van der Waals surface area contributed by atoms with Crippen molar-refractivity contribution in [3.05, 3.63) is 36.1 Å². The SMILES string of the molecule is CC(C)(O)c1cc2nc3ccccc3nc2o1. The van der Waals surface area contributed by atoms with E-state index in [0.717, 1.165) is 11.0 Å². The Hall–Kier alpha value is -1.94. The predicted molar refractivity (Wildman–Crippen MR) is 64.6 cm³/mol. The highest BCUT2D eigenvalue weighted by Gasteiger charge is 2.22. The molecule has 3 aromatic rings. The Bertz CT molecular complexity index is 643. The standard InChI is InChI=1S/C13H12N2O2/c1-13(2,16)11-7-10-12(17-11)15-9-6-4-3-5-8(9)14-10/h3-7,16H,1-2H3. The number of hydrogen-bond donors (Lipinski definition) is 1. The van der Waals surface area contributed by atoms with E-state index in [2.05, 4.69) is 9.97 Å². The first-order valence-electron chi connectivity index (χ1n) is 5.43. The predicted octanol–water partition coefficient (Wildman–Crippen LogP) is 2.60. The van der Waals surface area contributed by atoms with Crippen molar-refractivity contribution in [2.45, 2.75) is 19.4 Å². The van der Waals surface area contributed by atoms with Crippen molar-refractivity contribution in [2.24, 2.45) is 0 Å². The average molecular weight is 228 g/mol. The Morgan fingerprint density at radius 2 is 1.71 bits per heavy atom. The summed E-state index contributed by atoms with van der Waals surface area (Å²) in [5.41, 5.74) is 1.72. The number of aliphatic hydroxyl groups is 1. The maximum absolute atomic E-state index is 9.88. The van der Waals surface area contributed by atoms with Gasteiger partial charge in [0.2, 0.25) is 5.71 Å². The lowest BCUT2D eigenvalue weighted by Crippen LogP contribution is -2.13. The molecule has 4 nitrogen and oxygen atoms in total. The monoisotopic (exact) mass is 228 g/mol. The summed E-state index contributed by atoms with van der Waals surface area (Å²) in [7, 11) is 0. The second kappa shape index (κ2) is 3.28. The van der Waals surface area contributed by atoms with Crippen LogP contribution in [0.2, 0.25) is 0 Å². The summed E-state index contributed by atoms with van der Waals surface area (Å²) >= 11 is 0. The third-order valence-corrected chi connectivity index (χ3v) is 2.64. The molecule has 0 amide bonds. The fraction of sp³-hybridized carbons (Fsp3) is 0.231. The molecule has 1 N–H and O–H groups in total. The van der Waals surface area contributed by atoms with Crippen molar-refractivity contribution in [3.63, 3.8) is 0 Å². The fourth-order valence-corrected chi connectivity index (χ4v) is 1.73. The summed E-state index contributed by atoms with van der Waals surface area (Å²) in [4.78, 5) is 8.82. The molecule has 2 aromatic heterocycles. The van der Waals surface area contributed by atoms with Gasteiger partial charge in [-0.15, -0.1) is 0 Å². The van der Waals surface area contributed by atoms with Gasteiger partial charge in [0.1, 0.15) is 16.9 Å². The van der Waals surface area contributed by atoms with Crippen LogP contribution in [-0.4, -0.2) is 15.1 Å². The maximum Gasteiger partial charge on any atom is 0.246 e. The van der Waals surface area contributed by atoms with Crippen LogP contribution in [0.5, 0.6) is 0 Å². The van der Waals surface area contributed by atoms with Gasteiger partial charge in [-0.05, 0) is 26.0 Å². The van der Waals surface area contributed by atoms with Crippen molar-refractivity contribution < 1.29 is 9.52 Å². The van der Waals surface area contributed by atoms with Gasteiger partial charge in [0, 0.05) is 6.07 Å². The number of furan rings is 1. The lowest BCUT2D eigenvalue weighted by Gasteiger charge is -2.11. The maximum atomic E-state index is 9.88. The number of hydrogen-bond acceptors (Lipinski definition) is 4. The van der Waals surface area contributed by atoms with Gasteiger partial charge in [0.15, 0.2) is 0 Å². The minimum atomic E-state index is -1.02. The van der Waals surface area contributed by atoms with Gasteiger partial charge in [0.25, 0.3) is 0 Å². The second-order valence-electron chi connectivity index (χ2n) is 4.57. The molecule has 0 spiro atoms. The smallest absolute Gasteiger partial charge is 0.246 e. The molecule has 0 saturated heterocycles. The topological polar surface area (TPSA) is 59.2 Å². The van der Waals surface area contributed by atoms with Crippen LogP contribution in [0.1, 0.15) is 19.6 Å². The Labute approximate surface area is 97.9 Å². The molecule has 0 atom stereocenters. The highest BCUT2D eigenvalue weighted by molar-refractivity contribution is 5.83. The first kappa shape index (κ1) is 10.2. The summed E-state index contributed by atoms with van der Waals surface area (Å²) in [5, 5.41) is 9.88. The summed E-state index contributed by atoms with van der Waals surface area (Å²) in [6, 6.07) is 9.34. The van der Waals surface area contributed by atoms with Gasteiger partial charge in [0.05, 0.1) is 11.0 Å². The van der Waals surface area contributed by atoms with Crippen molar-refractivity contribution >= 4 is 22.3 Å². The number of rotatable bonds is 1. The number of benzene rings is 1. The van der Waals surface area contributed by atoms with Gasteiger partial charge in [-0.25, -0.2) is 9.97 Å². The van der Waals surface area contributed by atoms with E-state index < -0.39 is 5.60 Å². The van der Waals surface area contributed by atoms with E-state index in [1.807, 2.05) is 24.3 Å². The van der Waals surface area contributed by atoms with Crippen LogP contribution >= 0.6 is 0 Å². The van der Waals surface area contributed by atoms with E-state index in [1.165, 1.54) is 0 Å². The zero-order valence-corrected chi connectivity index (χ0v) is 9.64. The van der Waals surface area contributed by atoms with E-state index in [4.69, 9.17) is 4.42 Å². The van der Waals surface area contributed by atoms with Crippen LogP contribution in [0, 0.1) is 0 Å². The normalized spacial score (nSPS) is 12.4. The third-order valence-electron chi connectivity index (χ3n) is 2.64. The molecule has 0 aliphatic carbocycles. The number of para-hydroxylation sites is 2. The zero-order valence-electron chi connectivity index (χ0n) is 9.64. The quantitative estimate of drug-likeness (QED) is 0.695. The van der Waals surface area contributed by atoms with E-state index in [0.29, 0.717) is 17.0 Å². The van der Waals surface area contributed by atoms with E-state index in [9.17, 15) is 5.11 Å². The summed E-state index contributed by atoms with van der Waals surface area (Å²) in [6.45, 7) is 3.34. The molecule has 0 aliphatic rings. The Kier molecular flexibility index (Phi) is 1.97. The molecule has 0 aliphatic heterocycles. The number of aromatic nitrogens is 2. The van der Waals surface area contributed by atoms with E-state index in [1.54, 1.807) is 19.9 Å². The molecule has 0 saturated carbocycles. The van der Waals surface area contributed by atoms with E-state index in [-0.39, 0.29) is 0 Å². The molecule has 0 fully saturated rings. The minimum Gasteiger partial charge on any atom is -0.438 e. The second-order valence-corrected chi connectivity index (χ2v) is 4.57. The Balaban J connectivity index is 2.32. The molecule has 2 heterocycles. The van der Waals surface area contributed by atoms with E-state index >= 15 is 0 Å². The van der Waals surface area contributed by atoms with Crippen molar-refractivity contribution in [1.29, 1.82) is 0 Å². The van der Waals surface area contributed by atoms with Crippen LogP contribution < -0.4 is 0 Å². The average Bonchev–Trinajstić information content (AvgIpc) is 2.68. The van der Waals surface area contributed by atoms with Crippen molar-refractivity contribution in [2.75, 3.05) is 0 Å². The molecule has 3 rings (SSSR count).